The summed E-state index contributed by atoms with van der Waals surface area (Å²) in [5.41, 5.74) is 1.27. The number of allylic oxidation sites excluding steroid dienone is 2. The lowest BCUT2D eigenvalue weighted by atomic mass is 9.74. The average molecular weight is 308 g/mol. The van der Waals surface area contributed by atoms with Gasteiger partial charge in [-0.15, -0.1) is 0 Å². The Morgan fingerprint density at radius 2 is 1.76 bits per heavy atom. The second kappa shape index (κ2) is 5.84. The van der Waals surface area contributed by atoms with Gasteiger partial charge in [0.05, 0.1) is 0 Å². The van der Waals surface area contributed by atoms with Crippen molar-refractivity contribution in [2.45, 2.75) is 51.9 Å². The Morgan fingerprint density at radius 3 is 2.24 bits per heavy atom. The first-order valence-electron chi connectivity index (χ1n) is 7.39. The molecule has 1 aliphatic carbocycles. The van der Waals surface area contributed by atoms with Crippen LogP contribution in [0.3, 0.4) is 0 Å². The standard InChI is InChI=1S/C17H24O3S/c1-13-5-11-16(12-6-13)21(18,19)20-15-9-7-14(8-10-15)17(2,3)4/h5-6,9,11-12,14H,7-8,10H2,1-4H3. The van der Waals surface area contributed by atoms with Gasteiger partial charge in [0.15, 0.2) is 0 Å². The Hall–Kier alpha value is -1.29. The minimum Gasteiger partial charge on any atom is -0.384 e. The molecule has 1 aliphatic rings. The molecule has 1 aromatic carbocycles. The van der Waals surface area contributed by atoms with E-state index in [0.29, 0.717) is 18.1 Å². The summed E-state index contributed by atoms with van der Waals surface area (Å²) < 4.78 is 29.8. The van der Waals surface area contributed by atoms with Crippen LogP contribution in [0.5, 0.6) is 0 Å². The van der Waals surface area contributed by atoms with Crippen molar-refractivity contribution in [2.75, 3.05) is 0 Å². The molecule has 21 heavy (non-hydrogen) atoms. The van der Waals surface area contributed by atoms with E-state index < -0.39 is 10.1 Å². The van der Waals surface area contributed by atoms with Crippen LogP contribution in [0.25, 0.3) is 0 Å². The monoisotopic (exact) mass is 308 g/mol. The molecule has 0 aromatic heterocycles. The molecule has 116 valence electrons. The van der Waals surface area contributed by atoms with Crippen LogP contribution >= 0.6 is 0 Å². The highest BCUT2D eigenvalue weighted by atomic mass is 32.2. The molecular formula is C17H24O3S. The summed E-state index contributed by atoms with van der Waals surface area (Å²) in [5.74, 6) is 1.16. The van der Waals surface area contributed by atoms with E-state index in [2.05, 4.69) is 20.8 Å². The highest BCUT2D eigenvalue weighted by molar-refractivity contribution is 7.86. The Kier molecular flexibility index (Phi) is 4.47. The van der Waals surface area contributed by atoms with Gasteiger partial charge in [0.25, 0.3) is 0 Å². The van der Waals surface area contributed by atoms with E-state index in [4.69, 9.17) is 4.18 Å². The minimum absolute atomic E-state index is 0.215. The van der Waals surface area contributed by atoms with Gasteiger partial charge in [-0.3, -0.25) is 0 Å². The predicted molar refractivity (Wildman–Crippen MR) is 84.3 cm³/mol. The average Bonchev–Trinajstić information content (AvgIpc) is 2.38. The van der Waals surface area contributed by atoms with E-state index in [-0.39, 0.29) is 10.3 Å². The summed E-state index contributed by atoms with van der Waals surface area (Å²) in [4.78, 5) is 0.215. The summed E-state index contributed by atoms with van der Waals surface area (Å²) in [7, 11) is -3.70. The molecule has 1 unspecified atom stereocenters. The molecular weight excluding hydrogens is 284 g/mol. The fourth-order valence-corrected chi connectivity index (χ4v) is 3.57. The number of rotatable bonds is 3. The molecule has 4 heteroatoms. The van der Waals surface area contributed by atoms with Crippen molar-refractivity contribution in [3.8, 4) is 0 Å². The van der Waals surface area contributed by atoms with Gasteiger partial charge < -0.3 is 4.18 Å². The van der Waals surface area contributed by atoms with E-state index >= 15 is 0 Å². The van der Waals surface area contributed by atoms with E-state index in [1.54, 1.807) is 24.3 Å². The van der Waals surface area contributed by atoms with E-state index in [0.717, 1.165) is 18.4 Å². The second-order valence-electron chi connectivity index (χ2n) is 6.86. The van der Waals surface area contributed by atoms with Gasteiger partial charge in [0, 0.05) is 6.42 Å². The van der Waals surface area contributed by atoms with Gasteiger partial charge in [-0.2, -0.15) is 8.42 Å². The summed E-state index contributed by atoms with van der Waals surface area (Å²) in [5, 5.41) is 0. The van der Waals surface area contributed by atoms with Crippen molar-refractivity contribution in [2.24, 2.45) is 11.3 Å². The highest BCUT2D eigenvalue weighted by Crippen LogP contribution is 2.37. The lowest BCUT2D eigenvalue weighted by Crippen LogP contribution is -2.23. The first-order valence-corrected chi connectivity index (χ1v) is 8.79. The Labute approximate surface area is 128 Å². The van der Waals surface area contributed by atoms with Gasteiger partial charge >= 0.3 is 10.1 Å². The summed E-state index contributed by atoms with van der Waals surface area (Å²) in [6.07, 6.45) is 4.47. The van der Waals surface area contributed by atoms with Gasteiger partial charge in [-0.25, -0.2) is 0 Å². The van der Waals surface area contributed by atoms with Crippen LogP contribution in [0.15, 0.2) is 41.0 Å². The molecule has 0 spiro atoms. The van der Waals surface area contributed by atoms with Gasteiger partial charge in [0.2, 0.25) is 0 Å². The fraction of sp³-hybridized carbons (Fsp3) is 0.529. The van der Waals surface area contributed by atoms with Crippen molar-refractivity contribution in [3.05, 3.63) is 41.7 Å². The molecule has 0 amide bonds. The zero-order valence-electron chi connectivity index (χ0n) is 13.2. The maximum Gasteiger partial charge on any atom is 0.338 e. The van der Waals surface area contributed by atoms with Crippen LogP contribution in [0.1, 0.15) is 45.6 Å². The first kappa shape index (κ1) is 16.1. The van der Waals surface area contributed by atoms with Crippen molar-refractivity contribution in [1.82, 2.24) is 0 Å². The van der Waals surface area contributed by atoms with Crippen LogP contribution in [-0.4, -0.2) is 8.42 Å². The zero-order valence-corrected chi connectivity index (χ0v) is 14.0. The Morgan fingerprint density at radius 1 is 1.14 bits per heavy atom. The number of benzene rings is 1. The van der Waals surface area contributed by atoms with Crippen LogP contribution in [-0.2, 0) is 14.3 Å². The van der Waals surface area contributed by atoms with Crippen molar-refractivity contribution in [3.63, 3.8) is 0 Å². The number of hydrogen-bond donors (Lipinski definition) is 0. The molecule has 2 rings (SSSR count). The lowest BCUT2D eigenvalue weighted by Gasteiger charge is -2.32. The van der Waals surface area contributed by atoms with Crippen molar-refractivity contribution in [1.29, 1.82) is 0 Å². The van der Waals surface area contributed by atoms with Gasteiger partial charge in [-0.05, 0) is 49.3 Å². The Balaban J connectivity index is 2.08. The van der Waals surface area contributed by atoms with E-state index in [9.17, 15) is 8.42 Å². The minimum atomic E-state index is -3.70. The van der Waals surface area contributed by atoms with E-state index in [1.807, 2.05) is 13.0 Å². The molecule has 0 aliphatic heterocycles. The number of hydrogen-bond acceptors (Lipinski definition) is 3. The quantitative estimate of drug-likeness (QED) is 0.776. The molecule has 0 N–H and O–H groups in total. The van der Waals surface area contributed by atoms with Crippen molar-refractivity contribution >= 4 is 10.1 Å². The third-order valence-electron chi connectivity index (χ3n) is 4.12. The lowest BCUT2D eigenvalue weighted by molar-refractivity contribution is 0.207. The normalized spacial score (nSPS) is 20.0. The largest absolute Gasteiger partial charge is 0.384 e. The van der Waals surface area contributed by atoms with Crippen molar-refractivity contribution < 1.29 is 12.6 Å². The second-order valence-corrected chi connectivity index (χ2v) is 8.40. The summed E-state index contributed by atoms with van der Waals surface area (Å²) in [6, 6.07) is 6.74. The maximum absolute atomic E-state index is 12.2. The highest BCUT2D eigenvalue weighted by Gasteiger charge is 2.28. The zero-order chi connectivity index (χ0) is 15.7. The molecule has 0 saturated heterocycles. The summed E-state index contributed by atoms with van der Waals surface area (Å²) in [6.45, 7) is 8.59. The fourth-order valence-electron chi connectivity index (χ4n) is 2.57. The number of aryl methyl sites for hydroxylation is 1. The molecule has 0 heterocycles. The molecule has 1 atom stereocenters. The third kappa shape index (κ3) is 4.10. The first-order chi connectivity index (χ1) is 9.68. The van der Waals surface area contributed by atoms with Crippen LogP contribution in [0, 0.1) is 18.3 Å². The molecule has 3 nitrogen and oxygen atoms in total. The molecule has 0 saturated carbocycles. The Bertz CT molecular complexity index is 619. The third-order valence-corrected chi connectivity index (χ3v) is 5.40. The van der Waals surface area contributed by atoms with Crippen LogP contribution in [0.4, 0.5) is 0 Å². The SMILES string of the molecule is Cc1ccc(S(=O)(=O)OC2=CCC(C(C)(C)C)CC2)cc1. The van der Waals surface area contributed by atoms with E-state index in [1.165, 1.54) is 0 Å². The van der Waals surface area contributed by atoms with Crippen LogP contribution < -0.4 is 0 Å². The smallest absolute Gasteiger partial charge is 0.338 e. The van der Waals surface area contributed by atoms with Gasteiger partial charge in [-0.1, -0.05) is 38.5 Å². The van der Waals surface area contributed by atoms with Crippen LogP contribution in [0.2, 0.25) is 0 Å². The molecule has 0 fully saturated rings. The summed E-state index contributed by atoms with van der Waals surface area (Å²) >= 11 is 0. The molecule has 1 aromatic rings. The van der Waals surface area contributed by atoms with Gasteiger partial charge in [0.1, 0.15) is 10.7 Å². The topological polar surface area (TPSA) is 43.4 Å². The maximum atomic E-state index is 12.2. The predicted octanol–water partition coefficient (Wildman–Crippen LogP) is 4.43. The molecule has 0 radical (unpaired) electrons. The molecule has 0 bridgehead atoms.